The zero-order chi connectivity index (χ0) is 40.3. The molecule has 4 saturated heterocycles. The van der Waals surface area contributed by atoms with Gasteiger partial charge >= 0.3 is 31.1 Å². The summed E-state index contributed by atoms with van der Waals surface area (Å²) in [5.74, 6) is 0.624. The third kappa shape index (κ3) is 7.92. The van der Waals surface area contributed by atoms with Crippen molar-refractivity contribution in [3.05, 3.63) is 131 Å². The number of aryl methyl sites for hydroxylation is 1. The molecule has 0 radical (unpaired) electrons. The third-order valence-electron chi connectivity index (χ3n) is 14.2. The van der Waals surface area contributed by atoms with E-state index in [2.05, 4.69) is 93.7 Å². The van der Waals surface area contributed by atoms with Gasteiger partial charge in [-0.15, -0.1) is 11.6 Å². The number of fused-ring (bicyclic) bond motifs is 2. The molecule has 6 aliphatic rings. The van der Waals surface area contributed by atoms with Crippen LogP contribution in [0.4, 0.5) is 11.4 Å². The number of anilines is 2. The maximum Gasteiger partial charge on any atom is 2.00 e. The molecule has 11 heteroatoms. The Hall–Kier alpha value is -4.14. The van der Waals surface area contributed by atoms with Crippen molar-refractivity contribution in [2.45, 2.75) is 81.0 Å². The van der Waals surface area contributed by atoms with E-state index in [1.165, 1.54) is 27.9 Å². The van der Waals surface area contributed by atoms with Crippen LogP contribution in [0.25, 0.3) is 0 Å². The smallest absolute Gasteiger partial charge is 0.508 e. The minimum Gasteiger partial charge on any atom is -0.508 e. The van der Waals surface area contributed by atoms with Crippen LogP contribution in [-0.2, 0) is 27.3 Å². The maximum absolute atomic E-state index is 13.2. The van der Waals surface area contributed by atoms with E-state index < -0.39 is 11.9 Å². The predicted octanol–water partition coefficient (Wildman–Crippen LogP) is 6.22. The van der Waals surface area contributed by atoms with E-state index in [1.807, 2.05) is 18.2 Å². The fourth-order valence-electron chi connectivity index (χ4n) is 11.2. The van der Waals surface area contributed by atoms with Crippen molar-refractivity contribution in [1.82, 2.24) is 15.1 Å². The maximum atomic E-state index is 13.2. The summed E-state index contributed by atoms with van der Waals surface area (Å²) in [6.45, 7) is 11.3. The Morgan fingerprint density at radius 1 is 0.867 bits per heavy atom. The van der Waals surface area contributed by atoms with Gasteiger partial charge in [-0.1, -0.05) is 65.8 Å². The van der Waals surface area contributed by atoms with Gasteiger partial charge in [-0.25, -0.2) is 0 Å². The molecule has 4 aromatic carbocycles. The Bertz CT molecular complexity index is 2240. The molecule has 308 valence electrons. The van der Waals surface area contributed by atoms with Crippen LogP contribution >= 0.6 is 0 Å². The molecule has 60 heavy (non-hydrogen) atoms. The molecule has 2 N–H and O–H groups in total. The molecule has 5 atom stereocenters. The van der Waals surface area contributed by atoms with Crippen molar-refractivity contribution in [3.8, 4) is 5.75 Å². The molecule has 0 aromatic heterocycles. The number of ether oxygens (including phenoxy) is 1. The number of benzene rings is 4. The fraction of sp³-hybridized carbons (Fsp3) is 0.429. The average Bonchev–Trinajstić information content (AvgIpc) is 3.79. The number of imide groups is 1. The normalized spacial score (nSPS) is 26.4. The van der Waals surface area contributed by atoms with Crippen LogP contribution in [0.5, 0.6) is 5.75 Å². The number of piperidine rings is 2. The molecule has 1 unspecified atom stereocenters. The number of hydrogen-bond donors (Lipinski definition) is 2. The number of carbonyl (C=O) groups excluding carboxylic acids is 3. The van der Waals surface area contributed by atoms with E-state index in [-0.39, 0.29) is 66.9 Å². The minimum atomic E-state index is -0.623. The van der Waals surface area contributed by atoms with E-state index in [9.17, 15) is 19.5 Å². The Balaban J connectivity index is 0.00000462. The number of carbonyl (C=O) groups is 3. The van der Waals surface area contributed by atoms with Gasteiger partial charge < -0.3 is 36.4 Å². The van der Waals surface area contributed by atoms with Gasteiger partial charge in [0.05, 0.1) is 12.2 Å². The first-order chi connectivity index (χ1) is 28.7. The van der Waals surface area contributed by atoms with Crippen molar-refractivity contribution in [2.75, 3.05) is 55.7 Å². The molecule has 5 aliphatic heterocycles. The number of amides is 3. The molecule has 3 amide bonds. The number of rotatable bonds is 7. The molecule has 10 nitrogen and oxygen atoms in total. The summed E-state index contributed by atoms with van der Waals surface area (Å²) in [5, 5.41) is 12.6. The zero-order valence-electron chi connectivity index (χ0n) is 34.2. The van der Waals surface area contributed by atoms with Gasteiger partial charge in [0.15, 0.2) is 5.91 Å². The topological polar surface area (TPSA) is 106 Å². The third-order valence-corrected chi connectivity index (χ3v) is 14.2. The summed E-state index contributed by atoms with van der Waals surface area (Å²) >= 11 is 0. The number of piperazine rings is 1. The van der Waals surface area contributed by atoms with E-state index in [0.717, 1.165) is 89.2 Å². The van der Waals surface area contributed by atoms with Crippen LogP contribution in [0.2, 0.25) is 0 Å². The summed E-state index contributed by atoms with van der Waals surface area (Å²) in [6, 6.07) is 32.7. The molecule has 4 aromatic rings. The first-order valence-electron chi connectivity index (χ1n) is 21.6. The SMILES string of the molecule is [CH2-][C@H]1CN(C[C@@H]2COC3(CCN(c4ccc([C@H]5c6ccc(O)cc6CC[C@H]5c5ccccc5)cc4)CC3)C2)CCN1c1[c-]cc2c(c1)CN(C1CCC(=O)NC1=O)C2=O.[U+2]. The fourth-order valence-corrected chi connectivity index (χ4v) is 11.2. The second-order valence-corrected chi connectivity index (χ2v) is 17.8. The molecule has 0 bridgehead atoms. The zero-order valence-corrected chi connectivity index (χ0v) is 38.3. The van der Waals surface area contributed by atoms with Crippen molar-refractivity contribution in [2.24, 2.45) is 5.92 Å². The molecule has 5 heterocycles. The quantitative estimate of drug-likeness (QED) is 0.167. The first kappa shape index (κ1) is 41.2. The number of hydrogen-bond acceptors (Lipinski definition) is 8. The van der Waals surface area contributed by atoms with E-state index in [1.54, 1.807) is 11.0 Å². The van der Waals surface area contributed by atoms with Gasteiger partial charge in [0.2, 0.25) is 11.8 Å². The van der Waals surface area contributed by atoms with Crippen LogP contribution in [0.1, 0.15) is 88.5 Å². The Morgan fingerprint density at radius 3 is 2.43 bits per heavy atom. The molecule has 10 rings (SSSR count). The van der Waals surface area contributed by atoms with E-state index in [4.69, 9.17) is 4.74 Å². The van der Waals surface area contributed by atoms with Gasteiger partial charge in [-0.3, -0.25) is 19.7 Å². The molecule has 1 spiro atoms. The molecule has 4 fully saturated rings. The van der Waals surface area contributed by atoms with Crippen LogP contribution in [0.15, 0.2) is 84.9 Å². The largest absolute Gasteiger partial charge is 2.00 e. The number of nitrogens with zero attached hydrogens (tertiary/aromatic N) is 4. The van der Waals surface area contributed by atoms with Crippen LogP contribution in [-0.4, -0.2) is 96.2 Å². The standard InChI is InChI=1S/C49H53N5O5.U/c1-32-28-51(23-24-53(32)39-12-15-43-37(25-39)30-54(48(43)58)44-17-18-45(56)50-47(44)57)29-33-27-49(59-31-33)19-21-52(22-20-49)38-10-7-35(8-11-38)46-41(34-5-3-2-4-6-34)14-9-36-26-40(55)13-16-42(36)46;/h2-8,10-11,13,15-16,25-26,32-33,41,44,46,55H,1,9,14,17-24,27-31H2,(H,50,56,57);/q-2;+2/t32-,33+,41-,44?,46+;/m0./s1. The summed E-state index contributed by atoms with van der Waals surface area (Å²) in [5.41, 5.74) is 8.92. The minimum absolute atomic E-state index is 0. The van der Waals surface area contributed by atoms with E-state index >= 15 is 0 Å². The summed E-state index contributed by atoms with van der Waals surface area (Å²) in [7, 11) is 0. The van der Waals surface area contributed by atoms with Crippen LogP contribution in [0.3, 0.4) is 0 Å². The monoisotopic (exact) mass is 1030 g/mol. The Morgan fingerprint density at radius 2 is 1.67 bits per heavy atom. The second-order valence-electron chi connectivity index (χ2n) is 17.8. The number of aromatic hydroxyl groups is 1. The number of phenolic OH excluding ortho intramolecular Hbond substituents is 1. The summed E-state index contributed by atoms with van der Waals surface area (Å²) in [4.78, 5) is 46.3. The van der Waals surface area contributed by atoms with Gasteiger partial charge in [0.25, 0.3) is 0 Å². The number of nitrogens with one attached hydrogen (secondary N) is 1. The Labute approximate surface area is 377 Å². The van der Waals surface area contributed by atoms with Gasteiger partial charge in [-0.05, 0) is 103 Å². The Kier molecular flexibility index (Phi) is 11.7. The van der Waals surface area contributed by atoms with Gasteiger partial charge in [0.1, 0.15) is 11.8 Å². The van der Waals surface area contributed by atoms with Gasteiger partial charge in [-0.2, -0.15) is 12.1 Å². The predicted molar refractivity (Wildman–Crippen MR) is 226 cm³/mol. The number of phenols is 1. The molecule has 1 aliphatic carbocycles. The second kappa shape index (κ2) is 17.0. The molecular weight excluding hydrogens is 977 g/mol. The summed E-state index contributed by atoms with van der Waals surface area (Å²) in [6.07, 6.45) is 5.78. The van der Waals surface area contributed by atoms with Crippen molar-refractivity contribution in [3.63, 3.8) is 0 Å². The molecule has 0 saturated carbocycles. The molecular formula is C49H53N5O5U. The van der Waals surface area contributed by atoms with Crippen molar-refractivity contribution in [1.29, 1.82) is 0 Å². The average molecular weight is 1030 g/mol. The van der Waals surface area contributed by atoms with Crippen molar-refractivity contribution < 1.29 is 55.3 Å². The summed E-state index contributed by atoms with van der Waals surface area (Å²) < 4.78 is 6.67. The van der Waals surface area contributed by atoms with E-state index in [0.29, 0.717) is 36.1 Å². The van der Waals surface area contributed by atoms with Crippen LogP contribution < -0.4 is 15.1 Å². The first-order valence-corrected chi connectivity index (χ1v) is 21.6. The van der Waals surface area contributed by atoms with Crippen LogP contribution in [0, 0.1) is 50.0 Å². The van der Waals surface area contributed by atoms with Crippen molar-refractivity contribution >= 4 is 29.1 Å². The van der Waals surface area contributed by atoms with Gasteiger partial charge in [0, 0.05) is 57.3 Å².